The van der Waals surface area contributed by atoms with Gasteiger partial charge >= 0.3 is 0 Å². The molecular formula is C14H16F2N2O. The molecule has 19 heavy (non-hydrogen) atoms. The summed E-state index contributed by atoms with van der Waals surface area (Å²) in [6.45, 7) is 0.738. The third kappa shape index (κ3) is 3.12. The summed E-state index contributed by atoms with van der Waals surface area (Å²) in [4.78, 5) is 1.49. The maximum absolute atomic E-state index is 14.0. The second-order valence-corrected chi connectivity index (χ2v) is 4.37. The molecule has 0 aliphatic carbocycles. The first-order valence-electron chi connectivity index (χ1n) is 5.98. The molecule has 0 radical (unpaired) electrons. The maximum atomic E-state index is 14.0. The van der Waals surface area contributed by atoms with E-state index in [0.29, 0.717) is 24.4 Å². The Kier molecular flexibility index (Phi) is 4.16. The topological polar surface area (TPSA) is 28.4 Å². The number of furan rings is 1. The lowest BCUT2D eigenvalue weighted by atomic mass is 10.1. The van der Waals surface area contributed by atoms with Crippen molar-refractivity contribution in [2.75, 3.05) is 19.0 Å². The highest BCUT2D eigenvalue weighted by molar-refractivity contribution is 5.50. The molecule has 0 bridgehead atoms. The molecule has 5 heteroatoms. The molecule has 0 spiro atoms. The summed E-state index contributed by atoms with van der Waals surface area (Å²) in [5.41, 5.74) is 0.531. The van der Waals surface area contributed by atoms with E-state index in [4.69, 9.17) is 4.42 Å². The molecule has 1 heterocycles. The van der Waals surface area contributed by atoms with Gasteiger partial charge in [-0.25, -0.2) is 8.78 Å². The highest BCUT2D eigenvalue weighted by Crippen LogP contribution is 2.25. The highest BCUT2D eigenvalue weighted by Gasteiger charge is 2.16. The van der Waals surface area contributed by atoms with E-state index in [1.54, 1.807) is 26.2 Å². The molecule has 0 fully saturated rings. The van der Waals surface area contributed by atoms with Crippen LogP contribution in [0.2, 0.25) is 0 Å². The van der Waals surface area contributed by atoms with E-state index in [1.807, 2.05) is 0 Å². The van der Waals surface area contributed by atoms with Crippen LogP contribution < -0.4 is 10.2 Å². The van der Waals surface area contributed by atoms with Crippen molar-refractivity contribution >= 4 is 5.69 Å². The van der Waals surface area contributed by atoms with Crippen LogP contribution >= 0.6 is 0 Å². The van der Waals surface area contributed by atoms with Crippen LogP contribution in [0.3, 0.4) is 0 Å². The fourth-order valence-corrected chi connectivity index (χ4v) is 2.00. The zero-order chi connectivity index (χ0) is 13.8. The molecule has 0 saturated heterocycles. The average molecular weight is 266 g/mol. The number of halogens is 2. The van der Waals surface area contributed by atoms with E-state index in [9.17, 15) is 8.78 Å². The van der Waals surface area contributed by atoms with Gasteiger partial charge in [-0.2, -0.15) is 0 Å². The summed E-state index contributed by atoms with van der Waals surface area (Å²) in [5.74, 6) is -0.487. The fraction of sp³-hybridized carbons (Fsp3) is 0.286. The Morgan fingerprint density at radius 1 is 1.26 bits per heavy atom. The van der Waals surface area contributed by atoms with Crippen LogP contribution in [0.4, 0.5) is 14.5 Å². The van der Waals surface area contributed by atoms with E-state index >= 15 is 0 Å². The third-order valence-electron chi connectivity index (χ3n) is 2.81. The van der Waals surface area contributed by atoms with Crippen molar-refractivity contribution in [3.8, 4) is 0 Å². The van der Waals surface area contributed by atoms with Gasteiger partial charge in [0.1, 0.15) is 23.1 Å². The summed E-state index contributed by atoms with van der Waals surface area (Å²) in [5, 5.41) is 2.86. The number of nitrogens with one attached hydrogen (secondary N) is 1. The van der Waals surface area contributed by atoms with Crippen molar-refractivity contribution in [3.63, 3.8) is 0 Å². The second kappa shape index (κ2) is 5.84. The van der Waals surface area contributed by atoms with Gasteiger partial charge in [-0.1, -0.05) is 0 Å². The van der Waals surface area contributed by atoms with Crippen molar-refractivity contribution in [3.05, 3.63) is 53.5 Å². The van der Waals surface area contributed by atoms with Crippen molar-refractivity contribution in [1.29, 1.82) is 0 Å². The lowest BCUT2D eigenvalue weighted by Gasteiger charge is -2.20. The Morgan fingerprint density at radius 3 is 2.47 bits per heavy atom. The highest BCUT2D eigenvalue weighted by atomic mass is 19.1. The predicted molar refractivity (Wildman–Crippen MR) is 69.9 cm³/mol. The lowest BCUT2D eigenvalue weighted by Crippen LogP contribution is -2.19. The Hall–Kier alpha value is -1.88. The van der Waals surface area contributed by atoms with E-state index < -0.39 is 11.6 Å². The molecule has 1 N–H and O–H groups in total. The monoisotopic (exact) mass is 266 g/mol. The van der Waals surface area contributed by atoms with Crippen LogP contribution in [-0.4, -0.2) is 14.1 Å². The van der Waals surface area contributed by atoms with Gasteiger partial charge in [-0.15, -0.1) is 0 Å². The van der Waals surface area contributed by atoms with Crippen LogP contribution in [-0.2, 0) is 13.1 Å². The summed E-state index contributed by atoms with van der Waals surface area (Å²) < 4.78 is 33.1. The van der Waals surface area contributed by atoms with Crippen LogP contribution in [0.25, 0.3) is 0 Å². The molecule has 0 atom stereocenters. The summed E-state index contributed by atoms with van der Waals surface area (Å²) >= 11 is 0. The van der Waals surface area contributed by atoms with Gasteiger partial charge in [0.2, 0.25) is 0 Å². The molecule has 1 aromatic carbocycles. The minimum absolute atomic E-state index is 0.0451. The lowest BCUT2D eigenvalue weighted by molar-refractivity contribution is 0.501. The molecule has 1 aromatic heterocycles. The number of rotatable bonds is 5. The van der Waals surface area contributed by atoms with Gasteiger partial charge < -0.3 is 14.6 Å². The van der Waals surface area contributed by atoms with Gasteiger partial charge in [-0.05, 0) is 36.9 Å². The first-order chi connectivity index (χ1) is 9.11. The quantitative estimate of drug-likeness (QED) is 0.902. The van der Waals surface area contributed by atoms with Crippen LogP contribution in [0.5, 0.6) is 0 Å². The Morgan fingerprint density at radius 2 is 1.95 bits per heavy atom. The zero-order valence-corrected chi connectivity index (χ0v) is 10.9. The Bertz CT molecular complexity index is 517. The Labute approximate surface area is 110 Å². The molecule has 0 saturated carbocycles. The smallest absolute Gasteiger partial charge is 0.149 e. The van der Waals surface area contributed by atoms with Gasteiger partial charge in [0.05, 0.1) is 12.8 Å². The molecule has 102 valence electrons. The molecule has 2 rings (SSSR count). The minimum Gasteiger partial charge on any atom is -0.467 e. The van der Waals surface area contributed by atoms with E-state index in [-0.39, 0.29) is 5.69 Å². The van der Waals surface area contributed by atoms with Crippen LogP contribution in [0, 0.1) is 11.6 Å². The van der Waals surface area contributed by atoms with Crippen LogP contribution in [0.1, 0.15) is 11.3 Å². The largest absolute Gasteiger partial charge is 0.467 e. The molecule has 0 unspecified atom stereocenters. The first-order valence-corrected chi connectivity index (χ1v) is 5.98. The van der Waals surface area contributed by atoms with E-state index in [2.05, 4.69) is 5.32 Å². The third-order valence-corrected chi connectivity index (χ3v) is 2.81. The number of benzene rings is 1. The maximum Gasteiger partial charge on any atom is 0.149 e. The summed E-state index contributed by atoms with van der Waals surface area (Å²) in [7, 11) is 3.36. The number of hydrogen-bond acceptors (Lipinski definition) is 3. The molecule has 0 aliphatic heterocycles. The SMILES string of the molecule is CNCc1cc(F)c(N(C)Cc2ccco2)c(F)c1. The van der Waals surface area contributed by atoms with Gasteiger partial charge in [0.15, 0.2) is 0 Å². The van der Waals surface area contributed by atoms with Crippen molar-refractivity contribution in [2.24, 2.45) is 0 Å². The number of anilines is 1. The van der Waals surface area contributed by atoms with E-state index in [0.717, 1.165) is 0 Å². The molecule has 0 aliphatic rings. The van der Waals surface area contributed by atoms with Gasteiger partial charge in [0, 0.05) is 13.6 Å². The zero-order valence-electron chi connectivity index (χ0n) is 10.9. The fourth-order valence-electron chi connectivity index (χ4n) is 2.00. The van der Waals surface area contributed by atoms with Gasteiger partial charge in [0.25, 0.3) is 0 Å². The second-order valence-electron chi connectivity index (χ2n) is 4.37. The van der Waals surface area contributed by atoms with Crippen molar-refractivity contribution in [1.82, 2.24) is 5.32 Å². The first kappa shape index (κ1) is 13.5. The van der Waals surface area contributed by atoms with Crippen molar-refractivity contribution < 1.29 is 13.2 Å². The predicted octanol–water partition coefficient (Wildman–Crippen LogP) is 2.91. The van der Waals surface area contributed by atoms with Crippen molar-refractivity contribution in [2.45, 2.75) is 13.1 Å². The summed E-state index contributed by atoms with van der Waals surface area (Å²) in [6, 6.07) is 6.19. The Balaban J connectivity index is 2.23. The molecule has 0 amide bonds. The van der Waals surface area contributed by atoms with E-state index in [1.165, 1.54) is 23.3 Å². The minimum atomic E-state index is -0.570. The van der Waals surface area contributed by atoms with Gasteiger partial charge in [-0.3, -0.25) is 0 Å². The summed E-state index contributed by atoms with van der Waals surface area (Å²) in [6.07, 6.45) is 1.53. The number of hydrogen-bond donors (Lipinski definition) is 1. The van der Waals surface area contributed by atoms with Crippen LogP contribution in [0.15, 0.2) is 34.9 Å². The standard InChI is InChI=1S/C14H16F2N2O/c1-17-8-10-6-12(15)14(13(16)7-10)18(2)9-11-4-3-5-19-11/h3-7,17H,8-9H2,1-2H3. The molecule has 3 nitrogen and oxygen atoms in total. The molecule has 2 aromatic rings. The average Bonchev–Trinajstić information content (AvgIpc) is 2.81. The normalized spacial score (nSPS) is 10.7. The number of nitrogens with zero attached hydrogens (tertiary/aromatic N) is 1. The molecular weight excluding hydrogens is 250 g/mol.